The molecule has 0 radical (unpaired) electrons. The van der Waals surface area contributed by atoms with Gasteiger partial charge < -0.3 is 10.1 Å². The Labute approximate surface area is 152 Å². The maximum absolute atomic E-state index is 14.6. The highest BCUT2D eigenvalue weighted by atomic mass is 32.3. The molecule has 2 saturated heterocycles. The van der Waals surface area contributed by atoms with E-state index in [9.17, 15) is 23.1 Å². The molecule has 4 N–H and O–H groups in total. The van der Waals surface area contributed by atoms with Crippen molar-refractivity contribution >= 4 is 28.5 Å². The number of hydrogen-bond acceptors (Lipinski definition) is 6. The van der Waals surface area contributed by atoms with E-state index in [2.05, 4.69) is 10.0 Å². The molecular formula is C16H22FN3O5S. The summed E-state index contributed by atoms with van der Waals surface area (Å²) in [5.41, 5.74) is 0.855. The van der Waals surface area contributed by atoms with E-state index < -0.39 is 28.8 Å². The average molecular weight is 387 g/mol. The molecule has 26 heavy (non-hydrogen) atoms. The molecule has 1 unspecified atom stereocenters. The minimum atomic E-state index is -2.75. The fraction of sp³-hybridized carbons (Fsp3) is 0.500. The molecule has 0 spiro atoms. The maximum Gasteiger partial charge on any atom is 0.414 e. The molecule has 2 fully saturated rings. The Kier molecular flexibility index (Phi) is 5.37. The van der Waals surface area contributed by atoms with Crippen LogP contribution in [0.4, 0.5) is 14.9 Å². The Morgan fingerprint density at radius 3 is 2.88 bits per heavy atom. The van der Waals surface area contributed by atoms with Crippen LogP contribution in [0.2, 0.25) is 0 Å². The van der Waals surface area contributed by atoms with Gasteiger partial charge in [0.15, 0.2) is 0 Å². The summed E-state index contributed by atoms with van der Waals surface area (Å²) in [6.45, 7) is 2.09. The van der Waals surface area contributed by atoms with E-state index in [1.807, 2.05) is 0 Å². The summed E-state index contributed by atoms with van der Waals surface area (Å²) in [7, 11) is -2.75. The summed E-state index contributed by atoms with van der Waals surface area (Å²) in [4.78, 5) is 24.3. The smallest absolute Gasteiger partial charge is 0.414 e. The van der Waals surface area contributed by atoms with Gasteiger partial charge in [0.2, 0.25) is 5.91 Å². The first-order chi connectivity index (χ1) is 12.2. The molecule has 0 saturated carbocycles. The number of halogens is 1. The Morgan fingerprint density at radius 1 is 1.50 bits per heavy atom. The lowest BCUT2D eigenvalue weighted by Gasteiger charge is -2.40. The lowest BCUT2D eigenvalue weighted by molar-refractivity contribution is -0.119. The number of cyclic esters (lactones) is 1. The van der Waals surface area contributed by atoms with Gasteiger partial charge >= 0.3 is 6.09 Å². The van der Waals surface area contributed by atoms with Crippen molar-refractivity contribution in [2.75, 3.05) is 30.3 Å². The molecule has 2 heterocycles. The highest BCUT2D eigenvalue weighted by molar-refractivity contribution is 8.22. The van der Waals surface area contributed by atoms with E-state index in [-0.39, 0.29) is 37.2 Å². The molecule has 8 nitrogen and oxygen atoms in total. The first-order valence-electron chi connectivity index (χ1n) is 8.28. The zero-order chi connectivity index (χ0) is 18.9. The summed E-state index contributed by atoms with van der Waals surface area (Å²) in [5, 5.41) is 2.59. The van der Waals surface area contributed by atoms with Crippen molar-refractivity contribution in [3.63, 3.8) is 0 Å². The Morgan fingerprint density at radius 2 is 2.27 bits per heavy atom. The number of amides is 2. The molecule has 1 aromatic carbocycles. The van der Waals surface area contributed by atoms with Crippen LogP contribution in [-0.2, 0) is 9.53 Å². The number of anilines is 1. The highest BCUT2D eigenvalue weighted by Crippen LogP contribution is 2.42. The van der Waals surface area contributed by atoms with Gasteiger partial charge in [-0.05, 0) is 24.1 Å². The molecule has 0 aromatic heterocycles. The van der Waals surface area contributed by atoms with Crippen LogP contribution in [0.25, 0.3) is 0 Å². The predicted molar refractivity (Wildman–Crippen MR) is 95.8 cm³/mol. The topological polar surface area (TPSA) is 111 Å². The summed E-state index contributed by atoms with van der Waals surface area (Å²) < 4.78 is 41.6. The third kappa shape index (κ3) is 4.26. The molecular weight excluding hydrogens is 365 g/mol. The van der Waals surface area contributed by atoms with Crippen molar-refractivity contribution < 1.29 is 27.8 Å². The highest BCUT2D eigenvalue weighted by Gasteiger charge is 2.33. The average Bonchev–Trinajstić information content (AvgIpc) is 2.94. The lowest BCUT2D eigenvalue weighted by atomic mass is 9.95. The van der Waals surface area contributed by atoms with Gasteiger partial charge in [-0.1, -0.05) is 6.07 Å². The van der Waals surface area contributed by atoms with Crippen LogP contribution in [0.15, 0.2) is 18.2 Å². The molecule has 2 aliphatic rings. The predicted octanol–water partition coefficient (Wildman–Crippen LogP) is 2.03. The molecule has 144 valence electrons. The molecule has 2 amide bonds. The minimum absolute atomic E-state index is 0.165. The fourth-order valence-corrected chi connectivity index (χ4v) is 4.32. The maximum atomic E-state index is 14.6. The van der Waals surface area contributed by atoms with Gasteiger partial charge in [0.25, 0.3) is 0 Å². The van der Waals surface area contributed by atoms with Crippen molar-refractivity contribution in [2.24, 2.45) is 0 Å². The largest absolute Gasteiger partial charge is 0.442 e. The van der Waals surface area contributed by atoms with Gasteiger partial charge in [0, 0.05) is 19.4 Å². The second-order valence-electron chi connectivity index (χ2n) is 6.46. The molecule has 3 rings (SSSR count). The fourth-order valence-electron chi connectivity index (χ4n) is 3.09. The van der Waals surface area contributed by atoms with Crippen molar-refractivity contribution in [2.45, 2.75) is 25.4 Å². The van der Waals surface area contributed by atoms with Crippen molar-refractivity contribution in [3.05, 3.63) is 29.6 Å². The second kappa shape index (κ2) is 7.39. The normalized spacial score (nSPS) is 26.3. The molecule has 2 aliphatic heterocycles. The van der Waals surface area contributed by atoms with E-state index in [1.165, 1.54) is 17.9 Å². The van der Waals surface area contributed by atoms with Crippen molar-refractivity contribution in [3.8, 4) is 0 Å². The number of hydrogen-bond donors (Lipinski definition) is 4. The van der Waals surface area contributed by atoms with E-state index in [0.717, 1.165) is 0 Å². The first kappa shape index (κ1) is 18.9. The Balaban J connectivity index is 1.68. The number of nitrogens with zero attached hydrogens (tertiary/aromatic N) is 1. The monoisotopic (exact) mass is 387 g/mol. The zero-order valence-corrected chi connectivity index (χ0v) is 15.1. The van der Waals surface area contributed by atoms with Gasteiger partial charge in [-0.3, -0.25) is 18.8 Å². The zero-order valence-electron chi connectivity index (χ0n) is 14.3. The number of carbonyl (C=O) groups excluding carboxylic acids is 2. The van der Waals surface area contributed by atoms with Crippen molar-refractivity contribution in [1.82, 2.24) is 10.0 Å². The standard InChI is InChI=1S/C16H22FN3O5S/c1-10(21)18-8-13-9-20(16(22)25-13)12-2-3-14(15(17)6-12)11-4-5-26(23,24)19-7-11/h2-3,6,11,13,19,23-24H,4-5,7-9H2,1H3,(H,18,21)/t11?,13-/m0/s1. The molecule has 0 aliphatic carbocycles. The molecule has 2 atom stereocenters. The van der Waals surface area contributed by atoms with Crippen LogP contribution in [-0.4, -0.2) is 52.6 Å². The van der Waals surface area contributed by atoms with Gasteiger partial charge in [-0.25, -0.2) is 13.9 Å². The van der Waals surface area contributed by atoms with Crippen LogP contribution >= 0.6 is 10.8 Å². The van der Waals surface area contributed by atoms with Crippen LogP contribution in [0.5, 0.6) is 0 Å². The SMILES string of the molecule is CC(=O)NC[C@H]1CN(c2ccc(C3CCS(O)(O)NC3)c(F)c2)C(=O)O1. The quantitative estimate of drug-likeness (QED) is 0.629. The Bertz CT molecular complexity index is 707. The van der Waals surface area contributed by atoms with E-state index in [4.69, 9.17) is 4.74 Å². The van der Waals surface area contributed by atoms with E-state index >= 15 is 0 Å². The van der Waals surface area contributed by atoms with Gasteiger partial charge in [-0.2, -0.15) is 0 Å². The molecule has 1 aromatic rings. The third-order valence-electron chi connectivity index (χ3n) is 4.50. The van der Waals surface area contributed by atoms with Crippen LogP contribution in [0.1, 0.15) is 24.8 Å². The second-order valence-corrected chi connectivity index (χ2v) is 8.49. The number of ether oxygens (including phenoxy) is 1. The first-order valence-corrected chi connectivity index (χ1v) is 9.99. The van der Waals surface area contributed by atoms with Gasteiger partial charge in [0.05, 0.1) is 24.5 Å². The summed E-state index contributed by atoms with van der Waals surface area (Å²) in [6.07, 6.45) is -0.599. The summed E-state index contributed by atoms with van der Waals surface area (Å²) >= 11 is 0. The minimum Gasteiger partial charge on any atom is -0.442 e. The number of benzene rings is 1. The number of rotatable bonds is 4. The van der Waals surface area contributed by atoms with Gasteiger partial charge in [-0.15, -0.1) is 10.8 Å². The summed E-state index contributed by atoms with van der Waals surface area (Å²) in [6, 6.07) is 4.54. The third-order valence-corrected chi connectivity index (χ3v) is 5.93. The summed E-state index contributed by atoms with van der Waals surface area (Å²) in [5.74, 6) is -0.650. The Hall–Kier alpha value is -1.88. The number of nitrogens with one attached hydrogen (secondary N) is 2. The van der Waals surface area contributed by atoms with E-state index in [0.29, 0.717) is 17.7 Å². The van der Waals surface area contributed by atoms with Gasteiger partial charge in [0.1, 0.15) is 11.9 Å². The molecule has 0 bridgehead atoms. The van der Waals surface area contributed by atoms with Crippen LogP contribution in [0, 0.1) is 5.82 Å². The van der Waals surface area contributed by atoms with E-state index in [1.54, 1.807) is 12.1 Å². The number of carbonyl (C=O) groups is 2. The molecule has 10 heteroatoms. The lowest BCUT2D eigenvalue weighted by Crippen LogP contribution is -2.34. The van der Waals surface area contributed by atoms with Crippen LogP contribution < -0.4 is 14.9 Å². The van der Waals surface area contributed by atoms with Crippen LogP contribution in [0.3, 0.4) is 0 Å². The van der Waals surface area contributed by atoms with Crippen molar-refractivity contribution in [1.29, 1.82) is 0 Å².